The van der Waals surface area contributed by atoms with Crippen LogP contribution in [0.1, 0.15) is 18.4 Å². The Bertz CT molecular complexity index is 223. The van der Waals surface area contributed by atoms with Gasteiger partial charge in [0.25, 0.3) is 0 Å². The van der Waals surface area contributed by atoms with Gasteiger partial charge in [-0.2, -0.15) is 0 Å². The summed E-state index contributed by atoms with van der Waals surface area (Å²) in [6.07, 6.45) is 2.40. The summed E-state index contributed by atoms with van der Waals surface area (Å²) in [5.41, 5.74) is 7.10. The van der Waals surface area contributed by atoms with E-state index in [0.29, 0.717) is 6.42 Å². The molecule has 0 saturated heterocycles. The summed E-state index contributed by atoms with van der Waals surface area (Å²) in [6, 6.07) is 10.3. The van der Waals surface area contributed by atoms with E-state index < -0.39 is 0 Å². The molecule has 0 aliphatic carbocycles. The average molecular weight is 178 g/mol. The predicted molar refractivity (Wildman–Crippen MR) is 52.9 cm³/mol. The highest BCUT2D eigenvalue weighted by atomic mass is 16.2. The Kier molecular flexibility index (Phi) is 4.50. The number of hydrogen-bond donors (Lipinski definition) is 1. The van der Waals surface area contributed by atoms with Crippen LogP contribution in [0, 0.1) is 0 Å². The smallest absolute Gasteiger partial charge is 0.0822 e. The monoisotopic (exact) mass is 178 g/mol. The molecule has 1 atom stereocenters. The van der Waals surface area contributed by atoms with Gasteiger partial charge in [0.05, 0.1) is 6.61 Å². The summed E-state index contributed by atoms with van der Waals surface area (Å²) in [4.78, 5) is 0. The van der Waals surface area contributed by atoms with Crippen molar-refractivity contribution in [3.05, 3.63) is 35.9 Å². The van der Waals surface area contributed by atoms with E-state index in [1.165, 1.54) is 5.56 Å². The quantitative estimate of drug-likeness (QED) is 0.733. The van der Waals surface area contributed by atoms with Crippen LogP contribution in [0.2, 0.25) is 0 Å². The van der Waals surface area contributed by atoms with Gasteiger partial charge in [0, 0.05) is 6.04 Å². The molecule has 0 aromatic heterocycles. The first kappa shape index (κ1) is 10.2. The van der Waals surface area contributed by atoms with Crippen LogP contribution in [-0.4, -0.2) is 12.6 Å². The molecule has 2 N–H and O–H groups in total. The minimum absolute atomic E-state index is 0.0114. The predicted octanol–water partition coefficient (Wildman–Crippen LogP) is 1.77. The van der Waals surface area contributed by atoms with Gasteiger partial charge in [0.1, 0.15) is 0 Å². The fraction of sp³-hybridized carbons (Fsp3) is 0.455. The third kappa shape index (κ3) is 4.06. The molecule has 1 rings (SSSR count). The van der Waals surface area contributed by atoms with Crippen molar-refractivity contribution in [2.45, 2.75) is 25.3 Å². The summed E-state index contributed by atoms with van der Waals surface area (Å²) in [7, 11) is 0. The van der Waals surface area contributed by atoms with E-state index in [-0.39, 0.29) is 12.6 Å². The van der Waals surface area contributed by atoms with Crippen LogP contribution < -0.4 is 5.73 Å². The molecule has 2 nitrogen and oxygen atoms in total. The molecule has 1 unspecified atom stereocenters. The first-order valence-corrected chi connectivity index (χ1v) is 4.70. The lowest BCUT2D eigenvalue weighted by molar-refractivity contribution is 0.184. The molecule has 0 aliphatic rings. The van der Waals surface area contributed by atoms with Crippen molar-refractivity contribution < 1.29 is 5.11 Å². The fourth-order valence-electron chi connectivity index (χ4n) is 1.36. The van der Waals surface area contributed by atoms with Crippen molar-refractivity contribution in [2.24, 2.45) is 5.73 Å². The van der Waals surface area contributed by atoms with Crippen LogP contribution in [0.15, 0.2) is 30.3 Å². The van der Waals surface area contributed by atoms with Crippen molar-refractivity contribution >= 4 is 0 Å². The zero-order valence-electron chi connectivity index (χ0n) is 7.78. The van der Waals surface area contributed by atoms with Gasteiger partial charge in [-0.3, -0.25) is 0 Å². The molecule has 2 heteroatoms. The first-order chi connectivity index (χ1) is 6.33. The highest BCUT2D eigenvalue weighted by molar-refractivity contribution is 5.15. The third-order valence-corrected chi connectivity index (χ3v) is 2.06. The van der Waals surface area contributed by atoms with Gasteiger partial charge in [0.15, 0.2) is 0 Å². The van der Waals surface area contributed by atoms with E-state index in [4.69, 9.17) is 5.73 Å². The molecule has 13 heavy (non-hydrogen) atoms. The average Bonchev–Trinajstić information content (AvgIpc) is 2.16. The molecule has 0 saturated carbocycles. The third-order valence-electron chi connectivity index (χ3n) is 2.06. The van der Waals surface area contributed by atoms with Crippen molar-refractivity contribution in [1.82, 2.24) is 0 Å². The van der Waals surface area contributed by atoms with Gasteiger partial charge in [-0.1, -0.05) is 30.3 Å². The number of rotatable bonds is 5. The SMILES string of the molecule is NC(CCC[O])Cc1ccccc1. The van der Waals surface area contributed by atoms with Crippen LogP contribution >= 0.6 is 0 Å². The van der Waals surface area contributed by atoms with E-state index in [2.05, 4.69) is 12.1 Å². The van der Waals surface area contributed by atoms with E-state index >= 15 is 0 Å². The largest absolute Gasteiger partial charge is 0.327 e. The van der Waals surface area contributed by atoms with Gasteiger partial charge in [-0.25, -0.2) is 5.11 Å². The molecule has 0 fully saturated rings. The maximum atomic E-state index is 10.2. The minimum Gasteiger partial charge on any atom is -0.327 e. The Labute approximate surface area is 79.4 Å². The summed E-state index contributed by atoms with van der Waals surface area (Å²) in [6.45, 7) is -0.0114. The summed E-state index contributed by atoms with van der Waals surface area (Å²) in [5.74, 6) is 0. The van der Waals surface area contributed by atoms with Gasteiger partial charge < -0.3 is 5.73 Å². The van der Waals surface area contributed by atoms with Gasteiger partial charge in [-0.15, -0.1) is 0 Å². The van der Waals surface area contributed by atoms with Crippen LogP contribution in [-0.2, 0) is 11.5 Å². The summed E-state index contributed by atoms with van der Waals surface area (Å²) < 4.78 is 0. The zero-order valence-corrected chi connectivity index (χ0v) is 7.78. The Morgan fingerprint density at radius 1 is 1.23 bits per heavy atom. The van der Waals surface area contributed by atoms with Crippen LogP contribution in [0.5, 0.6) is 0 Å². The molecule has 71 valence electrons. The maximum absolute atomic E-state index is 10.2. The molecule has 0 bridgehead atoms. The van der Waals surface area contributed by atoms with E-state index in [1.807, 2.05) is 18.2 Å². The fourth-order valence-corrected chi connectivity index (χ4v) is 1.36. The second kappa shape index (κ2) is 5.73. The van der Waals surface area contributed by atoms with E-state index in [9.17, 15) is 5.11 Å². The van der Waals surface area contributed by atoms with Gasteiger partial charge in [-0.05, 0) is 24.8 Å². The molecule has 0 amide bonds. The number of nitrogens with two attached hydrogens (primary N) is 1. The molecule has 0 heterocycles. The zero-order chi connectivity index (χ0) is 9.52. The molecular formula is C11H16NO. The van der Waals surface area contributed by atoms with Crippen molar-refractivity contribution in [3.63, 3.8) is 0 Å². The molecule has 1 aromatic rings. The molecule has 1 aromatic carbocycles. The molecule has 0 aliphatic heterocycles. The van der Waals surface area contributed by atoms with Crippen molar-refractivity contribution in [1.29, 1.82) is 0 Å². The number of benzene rings is 1. The first-order valence-electron chi connectivity index (χ1n) is 4.70. The topological polar surface area (TPSA) is 45.9 Å². The highest BCUT2D eigenvalue weighted by Crippen LogP contribution is 2.05. The normalized spacial score (nSPS) is 12.8. The van der Waals surface area contributed by atoms with Gasteiger partial charge in [0.2, 0.25) is 0 Å². The maximum Gasteiger partial charge on any atom is 0.0822 e. The van der Waals surface area contributed by atoms with Crippen LogP contribution in [0.25, 0.3) is 0 Å². The summed E-state index contributed by atoms with van der Waals surface area (Å²) >= 11 is 0. The molecule has 1 radical (unpaired) electrons. The van der Waals surface area contributed by atoms with E-state index in [1.54, 1.807) is 0 Å². The van der Waals surface area contributed by atoms with Crippen molar-refractivity contribution in [3.8, 4) is 0 Å². The standard InChI is InChI=1S/C11H16NO/c12-11(7-4-8-13)9-10-5-2-1-3-6-10/h1-3,5-6,11H,4,7-9,12H2. The van der Waals surface area contributed by atoms with Gasteiger partial charge >= 0.3 is 0 Å². The Morgan fingerprint density at radius 2 is 1.92 bits per heavy atom. The minimum atomic E-state index is -0.0114. The Hall–Kier alpha value is -0.860. The van der Waals surface area contributed by atoms with Crippen LogP contribution in [0.3, 0.4) is 0 Å². The lowest BCUT2D eigenvalue weighted by Crippen LogP contribution is -2.22. The van der Waals surface area contributed by atoms with E-state index in [0.717, 1.165) is 12.8 Å². The highest BCUT2D eigenvalue weighted by Gasteiger charge is 2.02. The second-order valence-electron chi connectivity index (χ2n) is 3.30. The van der Waals surface area contributed by atoms with Crippen LogP contribution in [0.4, 0.5) is 0 Å². The Morgan fingerprint density at radius 3 is 2.54 bits per heavy atom. The number of hydrogen-bond acceptors (Lipinski definition) is 1. The van der Waals surface area contributed by atoms with Crippen molar-refractivity contribution in [2.75, 3.05) is 6.61 Å². The molecular weight excluding hydrogens is 162 g/mol. The summed E-state index contributed by atoms with van der Waals surface area (Å²) in [5, 5.41) is 10.2. The lowest BCUT2D eigenvalue weighted by atomic mass is 10.0. The second-order valence-corrected chi connectivity index (χ2v) is 3.30. The lowest BCUT2D eigenvalue weighted by Gasteiger charge is -2.09. The molecule has 0 spiro atoms. The Balaban J connectivity index is 2.32.